The number of nitrogens with zero attached hydrogens (tertiary/aromatic N) is 3. The summed E-state index contributed by atoms with van der Waals surface area (Å²) in [5.74, 6) is -0.309. The van der Waals surface area contributed by atoms with E-state index in [0.717, 1.165) is 11.3 Å². The molecule has 0 unspecified atom stereocenters. The third-order valence-electron chi connectivity index (χ3n) is 3.92. The summed E-state index contributed by atoms with van der Waals surface area (Å²) < 4.78 is 0. The van der Waals surface area contributed by atoms with Crippen molar-refractivity contribution < 1.29 is 4.79 Å². The number of benzene rings is 2. The quantitative estimate of drug-likeness (QED) is 0.542. The first kappa shape index (κ1) is 17.3. The first-order chi connectivity index (χ1) is 12.5. The number of amides is 1. The van der Waals surface area contributed by atoms with Crippen LogP contribution in [0.3, 0.4) is 0 Å². The summed E-state index contributed by atoms with van der Waals surface area (Å²) in [4.78, 5) is 25.9. The van der Waals surface area contributed by atoms with E-state index in [-0.39, 0.29) is 17.9 Å². The van der Waals surface area contributed by atoms with Crippen molar-refractivity contribution in [2.24, 2.45) is 5.10 Å². The predicted molar refractivity (Wildman–Crippen MR) is 103 cm³/mol. The Labute approximate surface area is 150 Å². The molecule has 3 rings (SSSR count). The lowest BCUT2D eigenvalue weighted by Crippen LogP contribution is -2.22. The van der Waals surface area contributed by atoms with Gasteiger partial charge < -0.3 is 4.90 Å². The number of H-pyrrole nitrogens is 1. The van der Waals surface area contributed by atoms with Gasteiger partial charge in [-0.2, -0.15) is 10.2 Å². The van der Waals surface area contributed by atoms with Crippen molar-refractivity contribution >= 4 is 28.6 Å². The molecule has 1 aromatic heterocycles. The van der Waals surface area contributed by atoms with Crippen LogP contribution in [0.15, 0.2) is 58.4 Å². The molecule has 1 amide bonds. The monoisotopic (exact) mass is 349 g/mol. The molecule has 0 aliphatic carbocycles. The molecule has 0 spiro atoms. The minimum absolute atomic E-state index is 0.0220. The number of aromatic amines is 1. The number of hydrogen-bond acceptors (Lipinski definition) is 5. The van der Waals surface area contributed by atoms with Crippen LogP contribution in [0.4, 0.5) is 5.69 Å². The lowest BCUT2D eigenvalue weighted by Gasteiger charge is -2.11. The number of anilines is 1. The lowest BCUT2D eigenvalue weighted by molar-refractivity contribution is -0.120. The SMILES string of the molecule is CN(C)c1ccc(C=NNC(=O)Cc2n[nH]c(=O)c3ccccc23)cc1. The summed E-state index contributed by atoms with van der Waals surface area (Å²) in [5, 5.41) is 11.5. The third kappa shape index (κ3) is 3.94. The van der Waals surface area contributed by atoms with E-state index in [4.69, 9.17) is 0 Å². The Balaban J connectivity index is 1.66. The molecule has 0 aliphatic heterocycles. The van der Waals surface area contributed by atoms with E-state index >= 15 is 0 Å². The summed E-state index contributed by atoms with van der Waals surface area (Å²) in [6.45, 7) is 0. The van der Waals surface area contributed by atoms with E-state index in [9.17, 15) is 9.59 Å². The zero-order valence-corrected chi connectivity index (χ0v) is 14.6. The molecule has 0 saturated carbocycles. The van der Waals surface area contributed by atoms with Gasteiger partial charge in [0.05, 0.1) is 23.7 Å². The molecule has 3 aromatic rings. The van der Waals surface area contributed by atoms with Gasteiger partial charge in [0.15, 0.2) is 0 Å². The molecule has 2 aromatic carbocycles. The maximum atomic E-state index is 12.1. The third-order valence-corrected chi connectivity index (χ3v) is 3.92. The highest BCUT2D eigenvalue weighted by molar-refractivity contribution is 5.89. The first-order valence-corrected chi connectivity index (χ1v) is 8.10. The Morgan fingerprint density at radius 3 is 2.54 bits per heavy atom. The van der Waals surface area contributed by atoms with Crippen molar-refractivity contribution in [3.05, 3.63) is 70.1 Å². The molecule has 132 valence electrons. The van der Waals surface area contributed by atoms with Gasteiger partial charge in [-0.05, 0) is 23.8 Å². The number of nitrogens with one attached hydrogen (secondary N) is 2. The second-order valence-corrected chi connectivity index (χ2v) is 6.00. The summed E-state index contributed by atoms with van der Waals surface area (Å²) in [5.41, 5.74) is 4.68. The van der Waals surface area contributed by atoms with E-state index in [0.29, 0.717) is 16.5 Å². The number of carbonyl (C=O) groups is 1. The topological polar surface area (TPSA) is 90.4 Å². The van der Waals surface area contributed by atoms with Gasteiger partial charge >= 0.3 is 0 Å². The van der Waals surface area contributed by atoms with Gasteiger partial charge in [-0.15, -0.1) is 0 Å². The lowest BCUT2D eigenvalue weighted by atomic mass is 10.1. The number of hydrogen-bond donors (Lipinski definition) is 2. The highest BCUT2D eigenvalue weighted by Crippen LogP contribution is 2.13. The molecule has 0 atom stereocenters. The second-order valence-electron chi connectivity index (χ2n) is 6.00. The fourth-order valence-corrected chi connectivity index (χ4v) is 2.54. The van der Waals surface area contributed by atoms with Crippen LogP contribution in [0.25, 0.3) is 10.8 Å². The van der Waals surface area contributed by atoms with E-state index in [1.165, 1.54) is 0 Å². The minimum atomic E-state index is -0.309. The van der Waals surface area contributed by atoms with Gasteiger partial charge in [0, 0.05) is 25.2 Å². The predicted octanol–water partition coefficient (Wildman–Crippen LogP) is 1.68. The minimum Gasteiger partial charge on any atom is -0.378 e. The molecule has 26 heavy (non-hydrogen) atoms. The van der Waals surface area contributed by atoms with Crippen LogP contribution in [0.5, 0.6) is 0 Å². The van der Waals surface area contributed by atoms with Crippen LogP contribution in [0.2, 0.25) is 0 Å². The highest BCUT2D eigenvalue weighted by atomic mass is 16.2. The number of rotatable bonds is 5. The standard InChI is InChI=1S/C19H19N5O2/c1-24(2)14-9-7-13(8-10-14)12-20-22-18(25)11-17-15-5-3-4-6-16(15)19(26)23-21-17/h3-10,12H,11H2,1-2H3,(H,22,25)(H,23,26). The van der Waals surface area contributed by atoms with Crippen molar-refractivity contribution in [2.45, 2.75) is 6.42 Å². The van der Waals surface area contributed by atoms with Gasteiger partial charge in [-0.25, -0.2) is 10.5 Å². The van der Waals surface area contributed by atoms with Crippen LogP contribution in [0.1, 0.15) is 11.3 Å². The van der Waals surface area contributed by atoms with Crippen LogP contribution >= 0.6 is 0 Å². The van der Waals surface area contributed by atoms with Gasteiger partial charge in [0.1, 0.15) is 0 Å². The van der Waals surface area contributed by atoms with Crippen molar-refractivity contribution in [1.29, 1.82) is 0 Å². The van der Waals surface area contributed by atoms with E-state index in [2.05, 4.69) is 20.7 Å². The Kier molecular flexibility index (Phi) is 5.07. The number of fused-ring (bicyclic) bond motifs is 1. The van der Waals surface area contributed by atoms with Crippen LogP contribution in [0, 0.1) is 0 Å². The van der Waals surface area contributed by atoms with Crippen molar-refractivity contribution in [3.63, 3.8) is 0 Å². The number of carbonyl (C=O) groups excluding carboxylic acids is 1. The van der Waals surface area contributed by atoms with E-state index in [1.54, 1.807) is 30.5 Å². The molecule has 7 nitrogen and oxygen atoms in total. The van der Waals surface area contributed by atoms with E-state index in [1.807, 2.05) is 43.3 Å². The molecular weight excluding hydrogens is 330 g/mol. The molecule has 0 radical (unpaired) electrons. The van der Waals surface area contributed by atoms with Crippen LogP contribution in [-0.4, -0.2) is 36.4 Å². The molecular formula is C19H19N5O2. The van der Waals surface area contributed by atoms with Crippen molar-refractivity contribution in [3.8, 4) is 0 Å². The average molecular weight is 349 g/mol. The Morgan fingerprint density at radius 2 is 1.85 bits per heavy atom. The fraction of sp³-hybridized carbons (Fsp3) is 0.158. The summed E-state index contributed by atoms with van der Waals surface area (Å²) in [6.07, 6.45) is 1.60. The molecule has 2 N–H and O–H groups in total. The number of aromatic nitrogens is 2. The van der Waals surface area contributed by atoms with Gasteiger partial charge in [0.25, 0.3) is 5.56 Å². The molecule has 0 saturated heterocycles. The van der Waals surface area contributed by atoms with Gasteiger partial charge in [-0.1, -0.05) is 30.3 Å². The molecule has 1 heterocycles. The second kappa shape index (κ2) is 7.60. The molecule has 0 fully saturated rings. The fourth-order valence-electron chi connectivity index (χ4n) is 2.54. The largest absolute Gasteiger partial charge is 0.378 e. The maximum absolute atomic E-state index is 12.1. The van der Waals surface area contributed by atoms with E-state index < -0.39 is 0 Å². The molecule has 0 bridgehead atoms. The maximum Gasteiger partial charge on any atom is 0.272 e. The molecule has 0 aliphatic rings. The normalized spacial score (nSPS) is 11.0. The molecule has 7 heteroatoms. The van der Waals surface area contributed by atoms with Crippen LogP contribution in [-0.2, 0) is 11.2 Å². The van der Waals surface area contributed by atoms with Gasteiger partial charge in [0.2, 0.25) is 5.91 Å². The Hall–Kier alpha value is -3.48. The van der Waals surface area contributed by atoms with Crippen molar-refractivity contribution in [2.75, 3.05) is 19.0 Å². The van der Waals surface area contributed by atoms with Crippen molar-refractivity contribution in [1.82, 2.24) is 15.6 Å². The summed E-state index contributed by atoms with van der Waals surface area (Å²) >= 11 is 0. The summed E-state index contributed by atoms with van der Waals surface area (Å²) in [6, 6.07) is 14.8. The highest BCUT2D eigenvalue weighted by Gasteiger charge is 2.10. The number of hydrazone groups is 1. The zero-order valence-electron chi connectivity index (χ0n) is 14.6. The smallest absolute Gasteiger partial charge is 0.272 e. The first-order valence-electron chi connectivity index (χ1n) is 8.10. The Morgan fingerprint density at radius 1 is 1.15 bits per heavy atom. The average Bonchev–Trinajstić information content (AvgIpc) is 2.65. The van der Waals surface area contributed by atoms with Crippen LogP contribution < -0.4 is 15.9 Å². The Bertz CT molecular complexity index is 1010. The summed E-state index contributed by atoms with van der Waals surface area (Å²) in [7, 11) is 3.94. The van der Waals surface area contributed by atoms with Gasteiger partial charge in [-0.3, -0.25) is 9.59 Å². The zero-order chi connectivity index (χ0) is 18.5.